The summed E-state index contributed by atoms with van der Waals surface area (Å²) in [6.45, 7) is 1.67. The Labute approximate surface area is 135 Å². The normalized spacial score (nSPS) is 11.2. The molecule has 0 aliphatic carbocycles. The molecule has 0 saturated carbocycles. The van der Waals surface area contributed by atoms with Gasteiger partial charge in [-0.15, -0.1) is 0 Å². The van der Waals surface area contributed by atoms with Crippen LogP contribution < -0.4 is 15.6 Å². The van der Waals surface area contributed by atoms with E-state index >= 15 is 0 Å². The van der Waals surface area contributed by atoms with Crippen LogP contribution in [-0.2, 0) is 11.0 Å². The van der Waals surface area contributed by atoms with Gasteiger partial charge in [0.15, 0.2) is 6.54 Å². The van der Waals surface area contributed by atoms with Crippen molar-refractivity contribution in [3.8, 4) is 0 Å². The van der Waals surface area contributed by atoms with Gasteiger partial charge in [-0.3, -0.25) is 10.1 Å². The van der Waals surface area contributed by atoms with Crippen LogP contribution in [0.25, 0.3) is 0 Å². The number of aromatic nitrogens is 1. The minimum atomic E-state index is -4.41. The maximum atomic E-state index is 12.4. The Morgan fingerprint density at radius 3 is 2.61 bits per heavy atom. The largest absolute Gasteiger partial charge is 0.419 e. The molecule has 1 amide bonds. The molecule has 0 aliphatic rings. The van der Waals surface area contributed by atoms with Crippen LogP contribution in [0.15, 0.2) is 36.5 Å². The summed E-state index contributed by atoms with van der Waals surface area (Å²) < 4.78 is 37.3. The number of hydrogen-bond acceptors (Lipinski definition) is 2. The van der Waals surface area contributed by atoms with Gasteiger partial charge in [0.1, 0.15) is 6.20 Å². The number of aromatic amines is 1. The Hall–Kier alpha value is -2.28. The van der Waals surface area contributed by atoms with E-state index in [1.165, 1.54) is 6.07 Å². The minimum Gasteiger partial charge on any atom is -0.322 e. The summed E-state index contributed by atoms with van der Waals surface area (Å²) in [6.07, 6.45) is -3.57. The van der Waals surface area contributed by atoms with Gasteiger partial charge in [0.05, 0.1) is 5.56 Å². The summed E-state index contributed by atoms with van der Waals surface area (Å²) in [5.41, 5.74) is 0.534. The third-order valence-electron chi connectivity index (χ3n) is 3.12. The molecule has 0 aliphatic heterocycles. The number of carbonyl (C=O) groups excluding carboxylic acids is 1. The van der Waals surface area contributed by atoms with Gasteiger partial charge in [0.2, 0.25) is 0 Å². The molecule has 0 radical (unpaired) electrons. The Bertz CT molecular complexity index is 702. The molecular formula is C15H14ClF3N3O+. The van der Waals surface area contributed by atoms with Crippen LogP contribution in [0.5, 0.6) is 0 Å². The van der Waals surface area contributed by atoms with Crippen molar-refractivity contribution in [2.45, 2.75) is 13.1 Å². The fraction of sp³-hybridized carbons (Fsp3) is 0.200. The van der Waals surface area contributed by atoms with Crippen molar-refractivity contribution in [1.29, 1.82) is 0 Å². The topological polar surface area (TPSA) is 55.3 Å². The number of benzene rings is 1. The van der Waals surface area contributed by atoms with Crippen LogP contribution >= 0.6 is 11.6 Å². The lowest BCUT2D eigenvalue weighted by Crippen LogP contribution is -2.25. The average molecular weight is 345 g/mol. The standard InChI is InChI=1S/C15H13ClF3N3O/c1-9-11(16)3-2-4-12(9)22-14(23)8-21-13-6-5-10(7-20-13)15(17,18)19/h2-7H,8H2,1H3,(H,20,21)(H,22,23)/p+1. The maximum absolute atomic E-state index is 12.4. The number of pyridine rings is 1. The zero-order valence-electron chi connectivity index (χ0n) is 12.1. The molecule has 1 heterocycles. The predicted molar refractivity (Wildman–Crippen MR) is 81.3 cm³/mol. The van der Waals surface area contributed by atoms with Gasteiger partial charge in [0.25, 0.3) is 11.7 Å². The first kappa shape index (κ1) is 17.1. The molecule has 0 atom stereocenters. The number of halogens is 4. The molecule has 122 valence electrons. The van der Waals surface area contributed by atoms with Crippen LogP contribution in [-0.4, -0.2) is 12.5 Å². The van der Waals surface area contributed by atoms with E-state index < -0.39 is 11.7 Å². The van der Waals surface area contributed by atoms with Crippen molar-refractivity contribution >= 4 is 29.0 Å². The first-order chi connectivity index (χ1) is 10.8. The zero-order valence-corrected chi connectivity index (χ0v) is 12.8. The summed E-state index contributed by atoms with van der Waals surface area (Å²) in [4.78, 5) is 14.3. The van der Waals surface area contributed by atoms with E-state index in [1.54, 1.807) is 25.1 Å². The number of rotatable bonds is 4. The van der Waals surface area contributed by atoms with Crippen molar-refractivity contribution in [3.05, 3.63) is 52.7 Å². The smallest absolute Gasteiger partial charge is 0.322 e. The molecule has 8 heteroatoms. The second-order valence-corrected chi connectivity index (χ2v) is 5.21. The highest BCUT2D eigenvalue weighted by Crippen LogP contribution is 2.28. The van der Waals surface area contributed by atoms with Gasteiger partial charge in [-0.2, -0.15) is 13.2 Å². The molecule has 0 fully saturated rings. The van der Waals surface area contributed by atoms with Crippen molar-refractivity contribution in [2.24, 2.45) is 0 Å². The van der Waals surface area contributed by atoms with Crippen LogP contribution in [0, 0.1) is 6.92 Å². The maximum Gasteiger partial charge on any atom is 0.419 e. The van der Waals surface area contributed by atoms with Crippen molar-refractivity contribution < 1.29 is 22.9 Å². The van der Waals surface area contributed by atoms with E-state index in [0.717, 1.165) is 17.8 Å². The lowest BCUT2D eigenvalue weighted by Gasteiger charge is -2.08. The molecule has 2 rings (SSSR count). The molecule has 3 N–H and O–H groups in total. The van der Waals surface area contributed by atoms with Gasteiger partial charge in [0, 0.05) is 16.8 Å². The van der Waals surface area contributed by atoms with Crippen molar-refractivity contribution in [3.63, 3.8) is 0 Å². The molecular weight excluding hydrogens is 331 g/mol. The Kier molecular flexibility index (Phi) is 5.10. The lowest BCUT2D eigenvalue weighted by atomic mass is 10.2. The average Bonchev–Trinajstić information content (AvgIpc) is 2.49. The number of amides is 1. The van der Waals surface area contributed by atoms with Gasteiger partial charge in [-0.05, 0) is 30.7 Å². The number of alkyl halides is 3. The number of nitrogens with one attached hydrogen (secondary N) is 3. The zero-order chi connectivity index (χ0) is 17.0. The molecule has 1 aromatic carbocycles. The Morgan fingerprint density at radius 1 is 1.26 bits per heavy atom. The van der Waals surface area contributed by atoms with E-state index in [-0.39, 0.29) is 12.5 Å². The summed E-state index contributed by atoms with van der Waals surface area (Å²) >= 11 is 5.96. The molecule has 4 nitrogen and oxygen atoms in total. The summed E-state index contributed by atoms with van der Waals surface area (Å²) in [5.74, 6) is -0.0420. The Balaban J connectivity index is 1.93. The van der Waals surface area contributed by atoms with Crippen molar-refractivity contribution in [2.75, 3.05) is 17.2 Å². The second-order valence-electron chi connectivity index (χ2n) is 4.80. The van der Waals surface area contributed by atoms with E-state index in [4.69, 9.17) is 11.6 Å². The van der Waals surface area contributed by atoms with Crippen LogP contribution in [0.2, 0.25) is 5.02 Å². The Morgan fingerprint density at radius 2 is 2.00 bits per heavy atom. The van der Waals surface area contributed by atoms with E-state index in [0.29, 0.717) is 16.5 Å². The third kappa shape index (κ3) is 4.59. The minimum absolute atomic E-state index is 0.103. The number of anilines is 2. The van der Waals surface area contributed by atoms with Crippen LogP contribution in [0.4, 0.5) is 24.7 Å². The molecule has 0 spiro atoms. The predicted octanol–water partition coefficient (Wildman–Crippen LogP) is 3.53. The van der Waals surface area contributed by atoms with Gasteiger partial charge in [-0.1, -0.05) is 17.7 Å². The fourth-order valence-corrected chi connectivity index (χ4v) is 2.00. The summed E-state index contributed by atoms with van der Waals surface area (Å²) in [7, 11) is 0. The van der Waals surface area contributed by atoms with Gasteiger partial charge >= 0.3 is 6.18 Å². The number of H-pyrrole nitrogens is 1. The number of hydrogen-bond donors (Lipinski definition) is 2. The van der Waals surface area contributed by atoms with E-state index in [9.17, 15) is 18.0 Å². The number of carbonyl (C=O) groups is 1. The van der Waals surface area contributed by atoms with Gasteiger partial charge in [-0.25, -0.2) is 4.98 Å². The molecule has 23 heavy (non-hydrogen) atoms. The molecule has 2 aromatic rings. The highest BCUT2D eigenvalue weighted by molar-refractivity contribution is 6.31. The lowest BCUT2D eigenvalue weighted by molar-refractivity contribution is -0.364. The van der Waals surface area contributed by atoms with Crippen LogP contribution in [0.3, 0.4) is 0 Å². The fourth-order valence-electron chi connectivity index (χ4n) is 1.82. The van der Waals surface area contributed by atoms with Crippen LogP contribution in [0.1, 0.15) is 11.1 Å². The van der Waals surface area contributed by atoms with E-state index in [2.05, 4.69) is 15.6 Å². The monoisotopic (exact) mass is 344 g/mol. The van der Waals surface area contributed by atoms with E-state index in [1.807, 2.05) is 0 Å². The summed E-state index contributed by atoms with van der Waals surface area (Å²) in [6, 6.07) is 7.28. The highest BCUT2D eigenvalue weighted by Gasteiger charge is 2.31. The van der Waals surface area contributed by atoms with Crippen molar-refractivity contribution in [1.82, 2.24) is 0 Å². The SMILES string of the molecule is Cc1c(Cl)cccc1NC(=O)CNc1ccc(C(F)(F)F)c[nH+]1. The molecule has 0 saturated heterocycles. The third-order valence-corrected chi connectivity index (χ3v) is 3.53. The first-order valence-electron chi connectivity index (χ1n) is 6.65. The van der Waals surface area contributed by atoms with Gasteiger partial charge < -0.3 is 5.32 Å². The molecule has 1 aromatic heterocycles. The molecule has 0 bridgehead atoms. The summed E-state index contributed by atoms with van der Waals surface area (Å²) in [5, 5.41) is 5.92. The second kappa shape index (κ2) is 6.87. The quantitative estimate of drug-likeness (QED) is 0.891. The first-order valence-corrected chi connectivity index (χ1v) is 7.03. The highest BCUT2D eigenvalue weighted by atomic mass is 35.5. The molecule has 0 unspecified atom stereocenters.